The molecule has 1 aromatic carbocycles. The van der Waals surface area contributed by atoms with Crippen LogP contribution in [0.5, 0.6) is 0 Å². The van der Waals surface area contributed by atoms with Crippen LogP contribution in [0.15, 0.2) is 30.3 Å². The van der Waals surface area contributed by atoms with E-state index >= 15 is 0 Å². The van der Waals surface area contributed by atoms with Crippen molar-refractivity contribution >= 4 is 6.03 Å². The fourth-order valence-electron chi connectivity index (χ4n) is 2.23. The summed E-state index contributed by atoms with van der Waals surface area (Å²) in [5, 5.41) is 2.87. The Morgan fingerprint density at radius 3 is 2.83 bits per heavy atom. The Labute approximate surface area is 108 Å². The topological polar surface area (TPSA) is 41.6 Å². The van der Waals surface area contributed by atoms with E-state index in [4.69, 9.17) is 4.74 Å². The molecule has 4 heteroatoms. The summed E-state index contributed by atoms with van der Waals surface area (Å²) < 4.78 is 5.68. The van der Waals surface area contributed by atoms with Gasteiger partial charge in [-0.3, -0.25) is 0 Å². The fourth-order valence-corrected chi connectivity index (χ4v) is 2.23. The molecule has 1 heterocycles. The number of urea groups is 1. The zero-order valence-corrected chi connectivity index (χ0v) is 10.9. The standard InChI is InChI=1S/C14H20N2O2/c1-3-15-14(17)16-9-11(2)18-10-13(16)12-7-5-4-6-8-12/h4-8,11,13H,3,9-10H2,1-2H3,(H,15,17). The van der Waals surface area contributed by atoms with Crippen molar-refractivity contribution in [3.63, 3.8) is 0 Å². The number of carbonyl (C=O) groups excluding carboxylic acids is 1. The van der Waals surface area contributed by atoms with Gasteiger partial charge in [0, 0.05) is 13.1 Å². The number of hydrogen-bond acceptors (Lipinski definition) is 2. The third-order valence-electron chi connectivity index (χ3n) is 3.14. The van der Waals surface area contributed by atoms with Crippen LogP contribution in [0.4, 0.5) is 4.79 Å². The summed E-state index contributed by atoms with van der Waals surface area (Å²) in [5.41, 5.74) is 1.12. The van der Waals surface area contributed by atoms with Crippen LogP contribution in [0.3, 0.4) is 0 Å². The molecule has 1 fully saturated rings. The molecule has 2 amide bonds. The first-order valence-corrected chi connectivity index (χ1v) is 6.43. The van der Waals surface area contributed by atoms with Gasteiger partial charge >= 0.3 is 6.03 Å². The molecule has 4 nitrogen and oxygen atoms in total. The maximum Gasteiger partial charge on any atom is 0.318 e. The van der Waals surface area contributed by atoms with Crippen LogP contribution >= 0.6 is 0 Å². The van der Waals surface area contributed by atoms with E-state index in [1.54, 1.807) is 0 Å². The van der Waals surface area contributed by atoms with E-state index in [1.807, 2.05) is 49.1 Å². The van der Waals surface area contributed by atoms with E-state index in [1.165, 1.54) is 0 Å². The molecule has 18 heavy (non-hydrogen) atoms. The number of carbonyl (C=O) groups is 1. The summed E-state index contributed by atoms with van der Waals surface area (Å²) in [4.78, 5) is 14.0. The van der Waals surface area contributed by atoms with Crippen molar-refractivity contribution in [1.29, 1.82) is 0 Å². The molecule has 0 spiro atoms. The van der Waals surface area contributed by atoms with Gasteiger partial charge in [0.15, 0.2) is 0 Å². The molecule has 0 radical (unpaired) electrons. The van der Waals surface area contributed by atoms with Crippen LogP contribution in [0, 0.1) is 0 Å². The Balaban J connectivity index is 2.18. The minimum absolute atomic E-state index is 0.00829. The molecule has 2 unspecified atom stereocenters. The summed E-state index contributed by atoms with van der Waals surface area (Å²) >= 11 is 0. The lowest BCUT2D eigenvalue weighted by molar-refractivity contribution is -0.0380. The zero-order valence-electron chi connectivity index (χ0n) is 10.9. The van der Waals surface area contributed by atoms with Gasteiger partial charge in [0.05, 0.1) is 18.8 Å². The predicted molar refractivity (Wildman–Crippen MR) is 70.4 cm³/mol. The molecule has 2 rings (SSSR count). The van der Waals surface area contributed by atoms with Gasteiger partial charge in [0.25, 0.3) is 0 Å². The summed E-state index contributed by atoms with van der Waals surface area (Å²) in [7, 11) is 0. The monoisotopic (exact) mass is 248 g/mol. The second kappa shape index (κ2) is 5.87. The van der Waals surface area contributed by atoms with Crippen molar-refractivity contribution in [1.82, 2.24) is 10.2 Å². The lowest BCUT2D eigenvalue weighted by Gasteiger charge is -2.38. The van der Waals surface area contributed by atoms with Gasteiger partial charge in [0.2, 0.25) is 0 Å². The van der Waals surface area contributed by atoms with Crippen molar-refractivity contribution in [3.05, 3.63) is 35.9 Å². The van der Waals surface area contributed by atoms with Gasteiger partial charge in [0.1, 0.15) is 0 Å². The van der Waals surface area contributed by atoms with Crippen LogP contribution in [-0.4, -0.2) is 36.7 Å². The molecule has 1 saturated heterocycles. The van der Waals surface area contributed by atoms with Gasteiger partial charge in [-0.25, -0.2) is 4.79 Å². The predicted octanol–water partition coefficient (Wildman–Crippen LogP) is 2.18. The number of nitrogens with one attached hydrogen (secondary N) is 1. The van der Waals surface area contributed by atoms with Crippen LogP contribution in [0.2, 0.25) is 0 Å². The maximum absolute atomic E-state index is 12.1. The number of ether oxygens (including phenoxy) is 1. The molecule has 1 aliphatic rings. The van der Waals surface area contributed by atoms with E-state index in [9.17, 15) is 4.79 Å². The quantitative estimate of drug-likeness (QED) is 0.871. The largest absolute Gasteiger partial charge is 0.374 e. The van der Waals surface area contributed by atoms with Gasteiger partial charge in [-0.1, -0.05) is 30.3 Å². The molecule has 0 aliphatic carbocycles. The molecule has 0 bridgehead atoms. The lowest BCUT2D eigenvalue weighted by atomic mass is 10.0. The van der Waals surface area contributed by atoms with Gasteiger partial charge in [-0.05, 0) is 19.4 Å². The summed E-state index contributed by atoms with van der Waals surface area (Å²) in [6.07, 6.45) is 0.0903. The minimum Gasteiger partial charge on any atom is -0.374 e. The Hall–Kier alpha value is -1.55. The smallest absolute Gasteiger partial charge is 0.318 e. The number of morpholine rings is 1. The second-order valence-electron chi connectivity index (χ2n) is 4.56. The van der Waals surface area contributed by atoms with Crippen molar-refractivity contribution in [2.45, 2.75) is 26.0 Å². The first kappa shape index (κ1) is 12.9. The van der Waals surface area contributed by atoms with E-state index in [0.717, 1.165) is 5.56 Å². The highest BCUT2D eigenvalue weighted by atomic mass is 16.5. The molecule has 1 aliphatic heterocycles. The van der Waals surface area contributed by atoms with Crippen molar-refractivity contribution < 1.29 is 9.53 Å². The summed E-state index contributed by atoms with van der Waals surface area (Å²) in [5.74, 6) is 0. The molecule has 2 atom stereocenters. The molecule has 1 N–H and O–H groups in total. The number of nitrogens with zero attached hydrogens (tertiary/aromatic N) is 1. The Kier molecular flexibility index (Phi) is 4.20. The third kappa shape index (κ3) is 2.82. The lowest BCUT2D eigenvalue weighted by Crippen LogP contribution is -2.50. The summed E-state index contributed by atoms with van der Waals surface area (Å²) in [6.45, 7) is 5.76. The molecule has 0 saturated carbocycles. The molecule has 0 aromatic heterocycles. The minimum atomic E-state index is -0.0125. The highest BCUT2D eigenvalue weighted by Gasteiger charge is 2.31. The van der Waals surface area contributed by atoms with Crippen molar-refractivity contribution in [3.8, 4) is 0 Å². The van der Waals surface area contributed by atoms with Crippen LogP contribution in [0.1, 0.15) is 25.5 Å². The molecule has 1 aromatic rings. The first-order valence-electron chi connectivity index (χ1n) is 6.43. The molecular formula is C14H20N2O2. The third-order valence-corrected chi connectivity index (χ3v) is 3.14. The van der Waals surface area contributed by atoms with Gasteiger partial charge in [-0.2, -0.15) is 0 Å². The van der Waals surface area contributed by atoms with Crippen LogP contribution in [-0.2, 0) is 4.74 Å². The van der Waals surface area contributed by atoms with E-state index in [-0.39, 0.29) is 18.2 Å². The molecular weight excluding hydrogens is 228 g/mol. The van der Waals surface area contributed by atoms with Gasteiger partial charge in [-0.15, -0.1) is 0 Å². The van der Waals surface area contributed by atoms with Crippen molar-refractivity contribution in [2.75, 3.05) is 19.7 Å². The number of rotatable bonds is 2. The number of hydrogen-bond donors (Lipinski definition) is 1. The Morgan fingerprint density at radius 1 is 1.44 bits per heavy atom. The Morgan fingerprint density at radius 2 is 2.17 bits per heavy atom. The average Bonchev–Trinajstić information content (AvgIpc) is 2.40. The van der Waals surface area contributed by atoms with Crippen LogP contribution < -0.4 is 5.32 Å². The van der Waals surface area contributed by atoms with E-state index in [0.29, 0.717) is 19.7 Å². The maximum atomic E-state index is 12.1. The zero-order chi connectivity index (χ0) is 13.0. The average molecular weight is 248 g/mol. The number of benzene rings is 1. The van der Waals surface area contributed by atoms with E-state index in [2.05, 4.69) is 5.32 Å². The second-order valence-corrected chi connectivity index (χ2v) is 4.56. The highest BCUT2D eigenvalue weighted by molar-refractivity contribution is 5.74. The highest BCUT2D eigenvalue weighted by Crippen LogP contribution is 2.25. The SMILES string of the molecule is CCNC(=O)N1CC(C)OCC1c1ccccc1. The summed E-state index contributed by atoms with van der Waals surface area (Å²) in [6, 6.07) is 10.0. The first-order chi connectivity index (χ1) is 8.72. The number of amides is 2. The van der Waals surface area contributed by atoms with Gasteiger partial charge < -0.3 is 15.0 Å². The van der Waals surface area contributed by atoms with Crippen LogP contribution in [0.25, 0.3) is 0 Å². The Bertz CT molecular complexity index is 394. The normalized spacial score (nSPS) is 23.8. The van der Waals surface area contributed by atoms with Crippen molar-refractivity contribution in [2.24, 2.45) is 0 Å². The fraction of sp³-hybridized carbons (Fsp3) is 0.500. The molecule has 98 valence electrons. The van der Waals surface area contributed by atoms with E-state index < -0.39 is 0 Å².